The van der Waals surface area contributed by atoms with Gasteiger partial charge in [0.25, 0.3) is 0 Å². The molecule has 6 nitrogen and oxygen atoms in total. The number of ether oxygens (including phenoxy) is 2. The first-order valence-corrected chi connectivity index (χ1v) is 7.03. The molecule has 2 aromatic rings. The molecule has 0 spiro atoms. The Morgan fingerprint density at radius 1 is 1.26 bits per heavy atom. The second kappa shape index (κ2) is 5.53. The SMILES string of the molecule is Cc1cc(C)n(CCC(=O)Nc2ccc3c(c2)OC(F)(F)O3)n1. The van der Waals surface area contributed by atoms with Crippen LogP contribution in [0.25, 0.3) is 0 Å². The number of alkyl halides is 2. The van der Waals surface area contributed by atoms with Gasteiger partial charge in [0.2, 0.25) is 5.91 Å². The van der Waals surface area contributed by atoms with Crippen molar-refractivity contribution in [1.29, 1.82) is 0 Å². The molecule has 23 heavy (non-hydrogen) atoms. The van der Waals surface area contributed by atoms with E-state index >= 15 is 0 Å². The molecule has 0 radical (unpaired) electrons. The van der Waals surface area contributed by atoms with Crippen LogP contribution in [0.3, 0.4) is 0 Å². The topological polar surface area (TPSA) is 65.4 Å². The van der Waals surface area contributed by atoms with Gasteiger partial charge in [0.1, 0.15) is 0 Å². The third kappa shape index (κ3) is 3.41. The third-order valence-corrected chi connectivity index (χ3v) is 3.34. The Balaban J connectivity index is 1.60. The van der Waals surface area contributed by atoms with Crippen molar-refractivity contribution in [3.05, 3.63) is 35.7 Å². The number of nitrogens with zero attached hydrogens (tertiary/aromatic N) is 2. The maximum atomic E-state index is 12.9. The number of rotatable bonds is 4. The number of fused-ring (bicyclic) bond motifs is 1. The lowest BCUT2D eigenvalue weighted by molar-refractivity contribution is -0.286. The number of carbonyl (C=O) groups is 1. The third-order valence-electron chi connectivity index (χ3n) is 3.34. The number of aryl methyl sites for hydroxylation is 3. The summed E-state index contributed by atoms with van der Waals surface area (Å²) in [5.74, 6) is -0.412. The van der Waals surface area contributed by atoms with E-state index in [2.05, 4.69) is 19.9 Å². The van der Waals surface area contributed by atoms with Gasteiger partial charge in [-0.25, -0.2) is 0 Å². The number of nitrogens with one attached hydrogen (secondary N) is 1. The Hall–Kier alpha value is -2.64. The largest absolute Gasteiger partial charge is 0.586 e. The molecule has 1 aliphatic rings. The molecule has 0 atom stereocenters. The van der Waals surface area contributed by atoms with Crippen LogP contribution in [0.1, 0.15) is 17.8 Å². The van der Waals surface area contributed by atoms with Gasteiger partial charge >= 0.3 is 6.29 Å². The summed E-state index contributed by atoms with van der Waals surface area (Å²) in [5, 5.41) is 6.90. The summed E-state index contributed by atoms with van der Waals surface area (Å²) < 4.78 is 36.3. The molecule has 2 heterocycles. The van der Waals surface area contributed by atoms with Gasteiger partial charge in [-0.2, -0.15) is 5.10 Å². The molecule has 1 aromatic carbocycles. The Morgan fingerprint density at radius 2 is 2.00 bits per heavy atom. The van der Waals surface area contributed by atoms with E-state index in [1.54, 1.807) is 4.68 Å². The first kappa shape index (κ1) is 15.3. The van der Waals surface area contributed by atoms with Crippen molar-refractivity contribution in [1.82, 2.24) is 9.78 Å². The summed E-state index contributed by atoms with van der Waals surface area (Å²) >= 11 is 0. The van der Waals surface area contributed by atoms with Crippen LogP contribution in [0.2, 0.25) is 0 Å². The van der Waals surface area contributed by atoms with Crippen molar-refractivity contribution in [3.8, 4) is 11.5 Å². The zero-order valence-corrected chi connectivity index (χ0v) is 12.6. The standard InChI is InChI=1S/C15H15F2N3O3/c1-9-7-10(2)20(19-9)6-5-14(21)18-11-3-4-12-13(8-11)23-15(16,17)22-12/h3-4,7-8H,5-6H2,1-2H3,(H,18,21). The van der Waals surface area contributed by atoms with Crippen LogP contribution in [0.4, 0.5) is 14.5 Å². The van der Waals surface area contributed by atoms with Gasteiger partial charge in [-0.1, -0.05) is 0 Å². The maximum absolute atomic E-state index is 12.9. The molecule has 3 rings (SSSR count). The van der Waals surface area contributed by atoms with Gasteiger partial charge in [-0.05, 0) is 32.0 Å². The molecule has 0 fully saturated rings. The van der Waals surface area contributed by atoms with E-state index in [9.17, 15) is 13.6 Å². The summed E-state index contributed by atoms with van der Waals surface area (Å²) in [6, 6.07) is 6.03. The molecule has 1 N–H and O–H groups in total. The van der Waals surface area contributed by atoms with Gasteiger partial charge in [0.05, 0.1) is 5.69 Å². The van der Waals surface area contributed by atoms with E-state index in [1.807, 2.05) is 19.9 Å². The van der Waals surface area contributed by atoms with Crippen LogP contribution in [0.5, 0.6) is 11.5 Å². The molecule has 1 aliphatic heterocycles. The molecule has 0 aliphatic carbocycles. The summed E-state index contributed by atoms with van der Waals surface area (Å²) in [6.45, 7) is 4.23. The van der Waals surface area contributed by atoms with Crippen LogP contribution in [-0.4, -0.2) is 22.0 Å². The Kier molecular flexibility index (Phi) is 3.67. The number of anilines is 1. The van der Waals surface area contributed by atoms with Crippen molar-refractivity contribution in [2.75, 3.05) is 5.32 Å². The molecule has 0 saturated carbocycles. The predicted octanol–water partition coefficient (Wildman–Crippen LogP) is 2.85. The molecule has 1 amide bonds. The summed E-state index contributed by atoms with van der Waals surface area (Å²) in [4.78, 5) is 12.0. The lowest BCUT2D eigenvalue weighted by atomic mass is 10.2. The second-order valence-electron chi connectivity index (χ2n) is 5.28. The van der Waals surface area contributed by atoms with Crippen LogP contribution < -0.4 is 14.8 Å². The van der Waals surface area contributed by atoms with E-state index in [0.29, 0.717) is 12.2 Å². The highest BCUT2D eigenvalue weighted by Gasteiger charge is 2.43. The average Bonchev–Trinajstić information content (AvgIpc) is 2.93. The highest BCUT2D eigenvalue weighted by Crippen LogP contribution is 2.42. The molecular weight excluding hydrogens is 308 g/mol. The van der Waals surface area contributed by atoms with Crippen LogP contribution >= 0.6 is 0 Å². The smallest absolute Gasteiger partial charge is 0.395 e. The van der Waals surface area contributed by atoms with E-state index in [1.165, 1.54) is 18.2 Å². The fraction of sp³-hybridized carbons (Fsp3) is 0.333. The number of hydrogen-bond donors (Lipinski definition) is 1. The summed E-state index contributed by atoms with van der Waals surface area (Å²) in [5.41, 5.74) is 2.23. The Bertz CT molecular complexity index is 758. The van der Waals surface area contributed by atoms with Crippen molar-refractivity contribution in [2.24, 2.45) is 0 Å². The fourth-order valence-electron chi connectivity index (χ4n) is 2.36. The number of benzene rings is 1. The summed E-state index contributed by atoms with van der Waals surface area (Å²) in [6.07, 6.45) is -3.45. The lowest BCUT2D eigenvalue weighted by Gasteiger charge is -2.07. The zero-order valence-electron chi connectivity index (χ0n) is 12.6. The summed E-state index contributed by atoms with van der Waals surface area (Å²) in [7, 11) is 0. The second-order valence-corrected chi connectivity index (χ2v) is 5.28. The van der Waals surface area contributed by atoms with Gasteiger partial charge in [-0.15, -0.1) is 8.78 Å². The minimum absolute atomic E-state index is 0.0596. The Morgan fingerprint density at radius 3 is 2.70 bits per heavy atom. The van der Waals surface area contributed by atoms with Crippen molar-refractivity contribution in [3.63, 3.8) is 0 Å². The zero-order chi connectivity index (χ0) is 16.6. The first-order chi connectivity index (χ1) is 10.8. The minimum Gasteiger partial charge on any atom is -0.395 e. The molecule has 122 valence electrons. The minimum atomic E-state index is -3.67. The fourth-order valence-corrected chi connectivity index (χ4v) is 2.36. The maximum Gasteiger partial charge on any atom is 0.586 e. The van der Waals surface area contributed by atoms with E-state index < -0.39 is 6.29 Å². The molecule has 1 aromatic heterocycles. The number of aromatic nitrogens is 2. The highest BCUT2D eigenvalue weighted by atomic mass is 19.3. The van der Waals surface area contributed by atoms with E-state index in [-0.39, 0.29) is 23.8 Å². The number of carbonyl (C=O) groups excluding carboxylic acids is 1. The Labute approximate surface area is 131 Å². The van der Waals surface area contributed by atoms with Gasteiger partial charge < -0.3 is 14.8 Å². The van der Waals surface area contributed by atoms with Crippen molar-refractivity contribution >= 4 is 11.6 Å². The van der Waals surface area contributed by atoms with Crippen LogP contribution in [0, 0.1) is 13.8 Å². The van der Waals surface area contributed by atoms with E-state index in [4.69, 9.17) is 0 Å². The molecule has 8 heteroatoms. The number of halogens is 2. The predicted molar refractivity (Wildman–Crippen MR) is 77.6 cm³/mol. The van der Waals surface area contributed by atoms with Crippen LogP contribution in [-0.2, 0) is 11.3 Å². The van der Waals surface area contributed by atoms with E-state index in [0.717, 1.165) is 11.4 Å². The normalized spacial score (nSPS) is 14.8. The quantitative estimate of drug-likeness (QED) is 0.939. The lowest BCUT2D eigenvalue weighted by Crippen LogP contribution is -2.25. The molecule has 0 unspecified atom stereocenters. The monoisotopic (exact) mass is 323 g/mol. The average molecular weight is 323 g/mol. The molecule has 0 bridgehead atoms. The molecule has 0 saturated heterocycles. The number of amides is 1. The van der Waals surface area contributed by atoms with Crippen molar-refractivity contribution in [2.45, 2.75) is 33.1 Å². The van der Waals surface area contributed by atoms with Gasteiger partial charge in [0, 0.05) is 30.4 Å². The van der Waals surface area contributed by atoms with Crippen molar-refractivity contribution < 1.29 is 23.0 Å². The van der Waals surface area contributed by atoms with Crippen LogP contribution in [0.15, 0.2) is 24.3 Å². The first-order valence-electron chi connectivity index (χ1n) is 7.03. The highest BCUT2D eigenvalue weighted by molar-refractivity contribution is 5.91. The molecular formula is C15H15F2N3O3. The number of hydrogen-bond acceptors (Lipinski definition) is 4. The van der Waals surface area contributed by atoms with Gasteiger partial charge in [-0.3, -0.25) is 9.48 Å². The van der Waals surface area contributed by atoms with Gasteiger partial charge in [0.15, 0.2) is 11.5 Å².